The molecule has 2 N–H and O–H groups in total. The van der Waals surface area contributed by atoms with Crippen molar-refractivity contribution in [1.82, 2.24) is 14.6 Å². The number of benzene rings is 1. The molecule has 9 nitrogen and oxygen atoms in total. The number of para-hydroxylation sites is 1. The number of rotatable bonds is 7. The number of methoxy groups -OCH3 is 2. The quantitative estimate of drug-likeness (QED) is 0.491. The maximum absolute atomic E-state index is 13.1. The van der Waals surface area contributed by atoms with E-state index in [2.05, 4.69) is 9.71 Å². The first-order valence-corrected chi connectivity index (χ1v) is 12.7. The third-order valence-corrected chi connectivity index (χ3v) is 8.80. The number of ether oxygens (including phenoxy) is 2. The van der Waals surface area contributed by atoms with Gasteiger partial charge in [-0.15, -0.1) is 11.3 Å². The lowest BCUT2D eigenvalue weighted by atomic mass is 10.0. The maximum Gasteiger partial charge on any atom is 0.340 e. The fraction of sp³-hybridized carbons (Fsp3) is 0.364. The highest BCUT2D eigenvalue weighted by molar-refractivity contribution is 7.91. The predicted molar refractivity (Wildman–Crippen MR) is 124 cm³/mol. The van der Waals surface area contributed by atoms with E-state index >= 15 is 0 Å². The number of sulfonamides is 1. The van der Waals surface area contributed by atoms with Crippen molar-refractivity contribution in [3.63, 3.8) is 0 Å². The van der Waals surface area contributed by atoms with E-state index in [0.29, 0.717) is 29.1 Å². The van der Waals surface area contributed by atoms with Gasteiger partial charge in [-0.05, 0) is 31.0 Å². The SMILES string of the molecule is COCC(C)NS(=O)(=O)c1sc2c(c1C(=O)OC)CCN(C(=O)c1cc3ccccc3[nH]1)C2. The van der Waals surface area contributed by atoms with Crippen LogP contribution in [0.1, 0.15) is 38.2 Å². The highest BCUT2D eigenvalue weighted by Gasteiger charge is 2.35. The van der Waals surface area contributed by atoms with E-state index in [-0.39, 0.29) is 28.8 Å². The Bertz CT molecular complexity index is 1280. The topological polar surface area (TPSA) is 118 Å². The first-order valence-electron chi connectivity index (χ1n) is 10.4. The summed E-state index contributed by atoms with van der Waals surface area (Å²) in [5.74, 6) is -0.885. The average Bonchev–Trinajstić information content (AvgIpc) is 3.39. The van der Waals surface area contributed by atoms with Crippen molar-refractivity contribution in [2.45, 2.75) is 30.1 Å². The second-order valence-electron chi connectivity index (χ2n) is 7.88. The maximum atomic E-state index is 13.1. The zero-order valence-electron chi connectivity index (χ0n) is 18.5. The summed E-state index contributed by atoms with van der Waals surface area (Å²) in [5, 5.41) is 0.937. The number of thiophene rings is 1. The molecule has 0 spiro atoms. The van der Waals surface area contributed by atoms with Gasteiger partial charge in [0, 0.05) is 35.5 Å². The Hall–Kier alpha value is -2.73. The number of hydrogen-bond acceptors (Lipinski definition) is 7. The minimum absolute atomic E-state index is 0.0485. The van der Waals surface area contributed by atoms with Crippen molar-refractivity contribution in [3.8, 4) is 0 Å². The zero-order valence-corrected chi connectivity index (χ0v) is 20.1. The summed E-state index contributed by atoms with van der Waals surface area (Å²) < 4.78 is 38.5. The Morgan fingerprint density at radius 2 is 2.03 bits per heavy atom. The number of aromatic nitrogens is 1. The lowest BCUT2D eigenvalue weighted by Crippen LogP contribution is -2.36. The van der Waals surface area contributed by atoms with E-state index in [1.807, 2.05) is 24.3 Å². The number of fused-ring (bicyclic) bond motifs is 2. The van der Waals surface area contributed by atoms with Gasteiger partial charge in [0.15, 0.2) is 0 Å². The molecule has 3 heterocycles. The fourth-order valence-electron chi connectivity index (χ4n) is 4.01. The molecular formula is C22H25N3O6S2. The van der Waals surface area contributed by atoms with E-state index in [0.717, 1.165) is 22.2 Å². The van der Waals surface area contributed by atoms with E-state index in [1.165, 1.54) is 14.2 Å². The Morgan fingerprint density at radius 3 is 2.73 bits per heavy atom. The molecule has 0 bridgehead atoms. The summed E-state index contributed by atoms with van der Waals surface area (Å²) in [6.45, 7) is 2.42. The molecule has 3 aromatic rings. The zero-order chi connectivity index (χ0) is 23.8. The molecule has 4 rings (SSSR count). The molecule has 1 amide bonds. The summed E-state index contributed by atoms with van der Waals surface area (Å²) in [7, 11) is -1.29. The average molecular weight is 492 g/mol. The first kappa shape index (κ1) is 23.4. The lowest BCUT2D eigenvalue weighted by molar-refractivity contribution is 0.0595. The molecule has 1 atom stereocenters. The van der Waals surface area contributed by atoms with Crippen LogP contribution in [-0.4, -0.2) is 63.6 Å². The number of H-pyrrole nitrogens is 1. The van der Waals surface area contributed by atoms with Crippen molar-refractivity contribution in [2.24, 2.45) is 0 Å². The van der Waals surface area contributed by atoms with Crippen LogP contribution < -0.4 is 4.72 Å². The normalized spacial score (nSPS) is 14.8. The number of nitrogens with one attached hydrogen (secondary N) is 2. The van der Waals surface area contributed by atoms with E-state index in [9.17, 15) is 18.0 Å². The van der Waals surface area contributed by atoms with E-state index in [4.69, 9.17) is 9.47 Å². The summed E-state index contributed by atoms with van der Waals surface area (Å²) in [5.41, 5.74) is 2.00. The molecule has 1 aliphatic heterocycles. The van der Waals surface area contributed by atoms with Gasteiger partial charge in [-0.25, -0.2) is 17.9 Å². The van der Waals surface area contributed by atoms with Crippen LogP contribution in [0.4, 0.5) is 0 Å². The van der Waals surface area contributed by atoms with E-state index < -0.39 is 22.0 Å². The van der Waals surface area contributed by atoms with E-state index in [1.54, 1.807) is 17.9 Å². The van der Waals surface area contributed by atoms with Crippen LogP contribution in [0.3, 0.4) is 0 Å². The molecule has 11 heteroatoms. The molecule has 0 saturated carbocycles. The van der Waals surface area contributed by atoms with Gasteiger partial charge in [0.1, 0.15) is 9.90 Å². The number of aromatic amines is 1. The minimum atomic E-state index is -3.99. The van der Waals surface area contributed by atoms with Crippen LogP contribution in [0, 0.1) is 0 Å². The Balaban J connectivity index is 1.66. The third-order valence-electron chi connectivity index (χ3n) is 5.48. The molecule has 0 radical (unpaired) electrons. The predicted octanol–water partition coefficient (Wildman–Crippen LogP) is 2.53. The second-order valence-corrected chi connectivity index (χ2v) is 10.9. The molecule has 0 saturated heterocycles. The number of carbonyl (C=O) groups is 2. The fourth-order valence-corrected chi connectivity index (χ4v) is 7.16. The van der Waals surface area contributed by atoms with Crippen molar-refractivity contribution in [2.75, 3.05) is 27.4 Å². The molecule has 176 valence electrons. The molecule has 0 fully saturated rings. The number of carbonyl (C=O) groups excluding carboxylic acids is 2. The lowest BCUT2D eigenvalue weighted by Gasteiger charge is -2.26. The van der Waals surface area contributed by atoms with Gasteiger partial charge in [-0.1, -0.05) is 18.2 Å². The largest absolute Gasteiger partial charge is 0.465 e. The Labute approximate surface area is 195 Å². The van der Waals surface area contributed by atoms with Gasteiger partial charge < -0.3 is 19.4 Å². The number of amides is 1. The van der Waals surface area contributed by atoms with Crippen LogP contribution in [0.2, 0.25) is 0 Å². The summed E-state index contributed by atoms with van der Waals surface area (Å²) >= 11 is 0.998. The van der Waals surface area contributed by atoms with Gasteiger partial charge in [-0.2, -0.15) is 0 Å². The second kappa shape index (κ2) is 9.26. The van der Waals surface area contributed by atoms with Crippen LogP contribution >= 0.6 is 11.3 Å². The number of hydrogen-bond donors (Lipinski definition) is 2. The Kier molecular flexibility index (Phi) is 6.57. The summed E-state index contributed by atoms with van der Waals surface area (Å²) in [6, 6.07) is 8.94. The smallest absolute Gasteiger partial charge is 0.340 e. The van der Waals surface area contributed by atoms with Gasteiger partial charge in [-0.3, -0.25) is 4.79 Å². The third kappa shape index (κ3) is 4.54. The van der Waals surface area contributed by atoms with Crippen LogP contribution in [0.5, 0.6) is 0 Å². The molecule has 1 aliphatic rings. The number of nitrogens with zero attached hydrogens (tertiary/aromatic N) is 1. The standard InChI is InChI=1S/C22H25N3O6S2/c1-13(12-30-2)24-33(28,29)22-19(21(27)31-3)15-8-9-25(11-18(15)32-22)20(26)17-10-14-6-4-5-7-16(14)23-17/h4-7,10,13,23-24H,8-9,11-12H2,1-3H3. The molecule has 1 aromatic carbocycles. The monoisotopic (exact) mass is 491 g/mol. The van der Waals surface area contributed by atoms with Gasteiger partial charge in [0.25, 0.3) is 15.9 Å². The van der Waals surface area contributed by atoms with Crippen LogP contribution in [0.25, 0.3) is 10.9 Å². The van der Waals surface area contributed by atoms with Crippen molar-refractivity contribution >= 4 is 44.1 Å². The highest BCUT2D eigenvalue weighted by atomic mass is 32.2. The Morgan fingerprint density at radius 1 is 1.27 bits per heavy atom. The van der Waals surface area contributed by atoms with Gasteiger partial charge in [0.2, 0.25) is 0 Å². The summed E-state index contributed by atoms with van der Waals surface area (Å²) in [4.78, 5) is 31.1. The molecular weight excluding hydrogens is 466 g/mol. The highest BCUT2D eigenvalue weighted by Crippen LogP contribution is 2.37. The minimum Gasteiger partial charge on any atom is -0.465 e. The molecule has 1 unspecified atom stereocenters. The molecule has 0 aliphatic carbocycles. The molecule has 33 heavy (non-hydrogen) atoms. The first-order chi connectivity index (χ1) is 15.7. The summed E-state index contributed by atoms with van der Waals surface area (Å²) in [6.07, 6.45) is 0.353. The van der Waals surface area contributed by atoms with Crippen molar-refractivity contribution < 1.29 is 27.5 Å². The van der Waals surface area contributed by atoms with Crippen LogP contribution in [0.15, 0.2) is 34.5 Å². The number of esters is 1. The van der Waals surface area contributed by atoms with Crippen molar-refractivity contribution in [3.05, 3.63) is 52.0 Å². The van der Waals surface area contributed by atoms with Crippen LogP contribution in [-0.2, 0) is 32.5 Å². The van der Waals surface area contributed by atoms with Gasteiger partial charge >= 0.3 is 5.97 Å². The van der Waals surface area contributed by atoms with Gasteiger partial charge in [0.05, 0.1) is 25.8 Å². The van der Waals surface area contributed by atoms with Crippen molar-refractivity contribution in [1.29, 1.82) is 0 Å². The molecule has 2 aromatic heterocycles.